The smallest absolute Gasteiger partial charge is 0.249 e. The van der Waals surface area contributed by atoms with Crippen LogP contribution in [0.4, 0.5) is 0 Å². The van der Waals surface area contributed by atoms with Gasteiger partial charge < -0.3 is 15.2 Å². The maximum atomic E-state index is 10.8. The van der Waals surface area contributed by atoms with Gasteiger partial charge in [0.05, 0.1) is 12.6 Å². The number of rotatable bonds is 2. The molecule has 0 radical (unpaired) electrons. The number of aliphatic hydroxyl groups excluding tert-OH is 1. The topological polar surface area (TPSA) is 58.6 Å². The molecular formula is C6H11NO3. The Bertz CT molecular complexity index is 137. The molecule has 0 aromatic heterocycles. The highest BCUT2D eigenvalue weighted by molar-refractivity contribution is 5.83. The minimum atomic E-state index is -0.364. The zero-order chi connectivity index (χ0) is 7.56. The number of methoxy groups -OCH3 is 1. The maximum Gasteiger partial charge on any atom is 0.249 e. The van der Waals surface area contributed by atoms with Crippen molar-refractivity contribution in [1.29, 1.82) is 0 Å². The Hall–Kier alpha value is -0.610. The van der Waals surface area contributed by atoms with E-state index in [9.17, 15) is 4.79 Å². The van der Waals surface area contributed by atoms with Gasteiger partial charge in [0.1, 0.15) is 6.10 Å². The van der Waals surface area contributed by atoms with E-state index in [4.69, 9.17) is 9.84 Å². The molecule has 0 aromatic carbocycles. The first-order valence-corrected chi connectivity index (χ1v) is 3.22. The number of amides is 1. The first-order chi connectivity index (χ1) is 4.77. The summed E-state index contributed by atoms with van der Waals surface area (Å²) in [5.74, 6) is -0.124. The summed E-state index contributed by atoms with van der Waals surface area (Å²) in [6.07, 6.45) is 0.211. The Morgan fingerprint density at radius 2 is 2.60 bits per heavy atom. The van der Waals surface area contributed by atoms with Crippen LogP contribution in [0.1, 0.15) is 6.42 Å². The van der Waals surface area contributed by atoms with Gasteiger partial charge in [-0.1, -0.05) is 0 Å². The number of aliphatic hydroxyl groups is 1. The van der Waals surface area contributed by atoms with E-state index in [1.165, 1.54) is 7.11 Å². The van der Waals surface area contributed by atoms with Gasteiger partial charge in [-0.05, 0) is 0 Å². The van der Waals surface area contributed by atoms with Crippen molar-refractivity contribution in [3.8, 4) is 0 Å². The molecule has 10 heavy (non-hydrogen) atoms. The molecule has 2 atom stereocenters. The van der Waals surface area contributed by atoms with E-state index in [2.05, 4.69) is 5.32 Å². The SMILES string of the molecule is CO[C@H]1C[C@@H](CO)NC1=O. The zero-order valence-corrected chi connectivity index (χ0v) is 5.83. The average Bonchev–Trinajstić information content (AvgIpc) is 2.30. The first kappa shape index (κ1) is 7.50. The molecule has 1 aliphatic heterocycles. The van der Waals surface area contributed by atoms with Gasteiger partial charge in [-0.3, -0.25) is 4.79 Å². The third kappa shape index (κ3) is 1.27. The number of ether oxygens (including phenoxy) is 1. The standard InChI is InChI=1S/C6H11NO3/c1-10-5-2-4(3-8)7-6(5)9/h4-5,8H,2-3H2,1H3,(H,7,9)/t4-,5-/m0/s1. The van der Waals surface area contributed by atoms with Crippen LogP contribution >= 0.6 is 0 Å². The summed E-state index contributed by atoms with van der Waals surface area (Å²) in [6.45, 7) is -0.00833. The fraction of sp³-hybridized carbons (Fsp3) is 0.833. The number of nitrogens with one attached hydrogen (secondary N) is 1. The summed E-state index contributed by atoms with van der Waals surface area (Å²) in [4.78, 5) is 10.8. The Kier molecular flexibility index (Phi) is 2.24. The van der Waals surface area contributed by atoms with Gasteiger partial charge in [0, 0.05) is 13.5 Å². The van der Waals surface area contributed by atoms with Crippen LogP contribution in [-0.2, 0) is 9.53 Å². The minimum Gasteiger partial charge on any atom is -0.394 e. The van der Waals surface area contributed by atoms with Crippen LogP contribution in [0.25, 0.3) is 0 Å². The molecule has 0 aromatic rings. The lowest BCUT2D eigenvalue weighted by Crippen LogP contribution is -2.29. The molecule has 4 nitrogen and oxygen atoms in total. The predicted molar refractivity (Wildman–Crippen MR) is 34.4 cm³/mol. The van der Waals surface area contributed by atoms with Crippen molar-refractivity contribution in [2.75, 3.05) is 13.7 Å². The molecule has 0 aliphatic carbocycles. The second kappa shape index (κ2) is 2.98. The van der Waals surface area contributed by atoms with E-state index < -0.39 is 0 Å². The Morgan fingerprint density at radius 3 is 2.90 bits per heavy atom. The lowest BCUT2D eigenvalue weighted by atomic mass is 10.2. The van der Waals surface area contributed by atoms with Crippen molar-refractivity contribution < 1.29 is 14.6 Å². The van der Waals surface area contributed by atoms with Crippen LogP contribution in [0.3, 0.4) is 0 Å². The molecule has 58 valence electrons. The van der Waals surface area contributed by atoms with Crippen LogP contribution in [0.15, 0.2) is 0 Å². The molecule has 1 amide bonds. The first-order valence-electron chi connectivity index (χ1n) is 3.22. The highest BCUT2D eigenvalue weighted by Crippen LogP contribution is 2.09. The van der Waals surface area contributed by atoms with Gasteiger partial charge >= 0.3 is 0 Å². The molecule has 1 fully saturated rings. The van der Waals surface area contributed by atoms with Crippen molar-refractivity contribution in [3.63, 3.8) is 0 Å². The fourth-order valence-corrected chi connectivity index (χ4v) is 1.04. The molecule has 1 heterocycles. The van der Waals surface area contributed by atoms with Crippen molar-refractivity contribution in [3.05, 3.63) is 0 Å². The summed E-state index contributed by atoms with van der Waals surface area (Å²) in [5, 5.41) is 11.2. The lowest BCUT2D eigenvalue weighted by molar-refractivity contribution is -0.127. The largest absolute Gasteiger partial charge is 0.394 e. The molecule has 0 unspecified atom stereocenters. The summed E-state index contributed by atoms with van der Waals surface area (Å²) < 4.78 is 4.83. The van der Waals surface area contributed by atoms with Gasteiger partial charge in [-0.15, -0.1) is 0 Å². The van der Waals surface area contributed by atoms with Gasteiger partial charge in [0.2, 0.25) is 5.91 Å². The van der Waals surface area contributed by atoms with Crippen molar-refractivity contribution in [2.24, 2.45) is 0 Å². The fourth-order valence-electron chi connectivity index (χ4n) is 1.04. The summed E-state index contributed by atoms with van der Waals surface area (Å²) >= 11 is 0. The number of carbonyl (C=O) groups excluding carboxylic acids is 1. The number of carbonyl (C=O) groups is 1. The minimum absolute atomic E-state index is 0.00833. The van der Waals surface area contributed by atoms with Crippen LogP contribution in [0, 0.1) is 0 Å². The average molecular weight is 145 g/mol. The van der Waals surface area contributed by atoms with Crippen LogP contribution in [0.2, 0.25) is 0 Å². The molecule has 1 rings (SSSR count). The van der Waals surface area contributed by atoms with Crippen LogP contribution in [-0.4, -0.2) is 36.9 Å². The Morgan fingerprint density at radius 1 is 1.90 bits per heavy atom. The van der Waals surface area contributed by atoms with Crippen molar-refractivity contribution >= 4 is 5.91 Å². The highest BCUT2D eigenvalue weighted by atomic mass is 16.5. The van der Waals surface area contributed by atoms with Crippen molar-refractivity contribution in [2.45, 2.75) is 18.6 Å². The third-order valence-corrected chi connectivity index (χ3v) is 1.64. The van der Waals surface area contributed by atoms with Gasteiger partial charge in [-0.2, -0.15) is 0 Å². The second-order valence-corrected chi connectivity index (χ2v) is 2.35. The molecular weight excluding hydrogens is 134 g/mol. The predicted octanol–water partition coefficient (Wildman–Crippen LogP) is -1.12. The molecule has 0 saturated carbocycles. The van der Waals surface area contributed by atoms with E-state index >= 15 is 0 Å². The molecule has 1 aliphatic rings. The third-order valence-electron chi connectivity index (χ3n) is 1.64. The van der Waals surface area contributed by atoms with Gasteiger partial charge in [0.25, 0.3) is 0 Å². The highest BCUT2D eigenvalue weighted by Gasteiger charge is 2.30. The Labute approximate surface area is 59.2 Å². The Balaban J connectivity index is 2.44. The summed E-state index contributed by atoms with van der Waals surface area (Å²) in [6, 6.07) is -0.113. The maximum absolute atomic E-state index is 10.8. The normalized spacial score (nSPS) is 32.4. The summed E-state index contributed by atoms with van der Waals surface area (Å²) in [5.41, 5.74) is 0. The van der Waals surface area contributed by atoms with Crippen molar-refractivity contribution in [1.82, 2.24) is 5.32 Å². The summed E-state index contributed by atoms with van der Waals surface area (Å²) in [7, 11) is 1.49. The van der Waals surface area contributed by atoms with Crippen LogP contribution < -0.4 is 5.32 Å². The quantitative estimate of drug-likeness (QED) is 0.517. The van der Waals surface area contributed by atoms with E-state index in [1.807, 2.05) is 0 Å². The zero-order valence-electron chi connectivity index (χ0n) is 5.83. The monoisotopic (exact) mass is 145 g/mol. The van der Waals surface area contributed by atoms with Gasteiger partial charge in [0.15, 0.2) is 0 Å². The second-order valence-electron chi connectivity index (χ2n) is 2.35. The van der Waals surface area contributed by atoms with E-state index in [-0.39, 0.29) is 24.7 Å². The van der Waals surface area contributed by atoms with E-state index in [0.717, 1.165) is 0 Å². The number of hydrogen-bond acceptors (Lipinski definition) is 3. The molecule has 0 spiro atoms. The lowest BCUT2D eigenvalue weighted by Gasteiger charge is -2.02. The molecule has 4 heteroatoms. The van der Waals surface area contributed by atoms with Gasteiger partial charge in [-0.25, -0.2) is 0 Å². The molecule has 2 N–H and O–H groups in total. The van der Waals surface area contributed by atoms with Crippen LogP contribution in [0.5, 0.6) is 0 Å². The van der Waals surface area contributed by atoms with E-state index in [0.29, 0.717) is 6.42 Å². The number of hydrogen-bond donors (Lipinski definition) is 2. The molecule has 1 saturated heterocycles. The molecule has 0 bridgehead atoms. The van der Waals surface area contributed by atoms with E-state index in [1.54, 1.807) is 0 Å².